The van der Waals surface area contributed by atoms with Gasteiger partial charge in [-0.05, 0) is 68.1 Å². The van der Waals surface area contributed by atoms with E-state index in [0.29, 0.717) is 60.7 Å². The van der Waals surface area contributed by atoms with Crippen molar-refractivity contribution in [1.82, 2.24) is 14.5 Å². The largest absolute Gasteiger partial charge is 0.352 e. The molecule has 184 valence electrons. The van der Waals surface area contributed by atoms with Gasteiger partial charge in [0.1, 0.15) is 11.3 Å². The Morgan fingerprint density at radius 3 is 2.56 bits per heavy atom. The number of benzene rings is 2. The molecule has 4 aromatic rings. The molecule has 1 saturated heterocycles. The van der Waals surface area contributed by atoms with Gasteiger partial charge in [0, 0.05) is 30.9 Å². The Morgan fingerprint density at radius 1 is 1.08 bits per heavy atom. The highest BCUT2D eigenvalue weighted by Gasteiger charge is 2.28. The van der Waals surface area contributed by atoms with Gasteiger partial charge in [-0.15, -0.1) is 0 Å². The summed E-state index contributed by atoms with van der Waals surface area (Å²) in [6.07, 6.45) is 2.86. The number of pyridine rings is 1. The van der Waals surface area contributed by atoms with Gasteiger partial charge in [0.25, 0.3) is 5.56 Å². The monoisotopic (exact) mass is 485 g/mol. The molecule has 0 radical (unpaired) electrons. The van der Waals surface area contributed by atoms with E-state index >= 15 is 0 Å². The van der Waals surface area contributed by atoms with Crippen molar-refractivity contribution in [3.05, 3.63) is 93.7 Å². The van der Waals surface area contributed by atoms with E-state index in [1.165, 1.54) is 12.1 Å². The van der Waals surface area contributed by atoms with Gasteiger partial charge in [0.2, 0.25) is 5.91 Å². The van der Waals surface area contributed by atoms with E-state index in [2.05, 4.69) is 15.3 Å². The highest BCUT2D eigenvalue weighted by Crippen LogP contribution is 2.24. The molecule has 0 bridgehead atoms. The van der Waals surface area contributed by atoms with E-state index in [4.69, 9.17) is 0 Å². The lowest BCUT2D eigenvalue weighted by Crippen LogP contribution is -2.42. The number of carbonyl (C=O) groups is 1. The van der Waals surface area contributed by atoms with E-state index < -0.39 is 0 Å². The van der Waals surface area contributed by atoms with Crippen molar-refractivity contribution in [2.45, 2.75) is 33.2 Å². The number of piperidine rings is 1. The Morgan fingerprint density at radius 2 is 1.83 bits per heavy atom. The summed E-state index contributed by atoms with van der Waals surface area (Å²) in [6.45, 7) is 5.28. The van der Waals surface area contributed by atoms with Crippen molar-refractivity contribution in [2.24, 2.45) is 5.92 Å². The number of nitrogens with one attached hydrogen (secondary N) is 1. The van der Waals surface area contributed by atoms with Gasteiger partial charge >= 0.3 is 0 Å². The second kappa shape index (κ2) is 9.89. The highest BCUT2D eigenvalue weighted by atomic mass is 19.1. The summed E-state index contributed by atoms with van der Waals surface area (Å²) >= 11 is 0. The van der Waals surface area contributed by atoms with Crippen LogP contribution in [0.4, 0.5) is 15.9 Å². The van der Waals surface area contributed by atoms with Gasteiger partial charge in [-0.1, -0.05) is 29.8 Å². The molecule has 3 heterocycles. The van der Waals surface area contributed by atoms with Crippen LogP contribution in [-0.4, -0.2) is 33.5 Å². The molecule has 2 aromatic heterocycles. The quantitative estimate of drug-likeness (QED) is 0.452. The van der Waals surface area contributed by atoms with Gasteiger partial charge in [0.15, 0.2) is 11.5 Å². The van der Waals surface area contributed by atoms with Crippen LogP contribution in [0.5, 0.6) is 0 Å². The predicted molar refractivity (Wildman–Crippen MR) is 139 cm³/mol. The van der Waals surface area contributed by atoms with Crippen LogP contribution in [-0.2, 0) is 11.3 Å². The molecule has 36 heavy (non-hydrogen) atoms. The molecule has 7 nitrogen and oxygen atoms in total. The summed E-state index contributed by atoms with van der Waals surface area (Å²) in [7, 11) is 0. The molecule has 1 aliphatic heterocycles. The van der Waals surface area contributed by atoms with Crippen LogP contribution in [0.3, 0.4) is 0 Å². The van der Waals surface area contributed by atoms with Crippen LogP contribution in [0.1, 0.15) is 29.5 Å². The summed E-state index contributed by atoms with van der Waals surface area (Å²) in [6, 6.07) is 16.1. The topological polar surface area (TPSA) is 80.1 Å². The van der Waals surface area contributed by atoms with Crippen LogP contribution in [0.25, 0.3) is 11.2 Å². The third-order valence-electron chi connectivity index (χ3n) is 6.76. The van der Waals surface area contributed by atoms with Crippen LogP contribution in [0, 0.1) is 25.6 Å². The van der Waals surface area contributed by atoms with Crippen molar-refractivity contribution in [3.8, 4) is 0 Å². The molecule has 1 fully saturated rings. The number of amides is 1. The second-order valence-corrected chi connectivity index (χ2v) is 9.37. The summed E-state index contributed by atoms with van der Waals surface area (Å²) < 4.78 is 15.1. The molecule has 1 amide bonds. The first-order chi connectivity index (χ1) is 17.4. The molecule has 0 saturated carbocycles. The zero-order chi connectivity index (χ0) is 25.2. The van der Waals surface area contributed by atoms with Gasteiger partial charge < -0.3 is 10.2 Å². The Balaban J connectivity index is 1.36. The van der Waals surface area contributed by atoms with E-state index in [-0.39, 0.29) is 23.2 Å². The standard InChI is InChI=1S/C28H28FN5O2/c1-18-5-7-20(8-6-18)17-34-25-24(4-3-13-30-25)31-26(28(34)36)33-14-11-21(12-15-33)27(35)32-23-10-9-22(29)16-19(23)2/h3-10,13,16,21H,11-12,14-15,17H2,1-2H3,(H,32,35). The van der Waals surface area contributed by atoms with Crippen LogP contribution < -0.4 is 15.8 Å². The minimum absolute atomic E-state index is 0.0863. The number of nitrogens with zero attached hydrogens (tertiary/aromatic N) is 4. The first kappa shape index (κ1) is 23.7. The Hall–Kier alpha value is -4.07. The predicted octanol–water partition coefficient (Wildman–Crippen LogP) is 4.45. The van der Waals surface area contributed by atoms with Crippen molar-refractivity contribution in [3.63, 3.8) is 0 Å². The van der Waals surface area contributed by atoms with E-state index in [1.54, 1.807) is 23.8 Å². The molecule has 0 unspecified atom stereocenters. The van der Waals surface area contributed by atoms with E-state index in [1.807, 2.05) is 48.2 Å². The second-order valence-electron chi connectivity index (χ2n) is 9.37. The van der Waals surface area contributed by atoms with Crippen molar-refractivity contribution < 1.29 is 9.18 Å². The third-order valence-corrected chi connectivity index (χ3v) is 6.76. The summed E-state index contributed by atoms with van der Waals surface area (Å²) in [4.78, 5) is 37.5. The molecule has 0 spiro atoms. The fraction of sp³-hybridized carbons (Fsp3) is 0.286. The molecular formula is C28H28FN5O2. The number of hydrogen-bond acceptors (Lipinski definition) is 5. The maximum absolute atomic E-state index is 13.6. The first-order valence-corrected chi connectivity index (χ1v) is 12.1. The molecule has 8 heteroatoms. The van der Waals surface area contributed by atoms with Crippen molar-refractivity contribution in [1.29, 1.82) is 0 Å². The number of aromatic nitrogens is 3. The first-order valence-electron chi connectivity index (χ1n) is 12.1. The van der Waals surface area contributed by atoms with Crippen molar-refractivity contribution >= 4 is 28.6 Å². The number of carbonyl (C=O) groups excluding carboxylic acids is 1. The lowest BCUT2D eigenvalue weighted by molar-refractivity contribution is -0.120. The number of hydrogen-bond donors (Lipinski definition) is 1. The number of halogens is 1. The number of anilines is 2. The molecule has 2 aromatic carbocycles. The maximum Gasteiger partial charge on any atom is 0.295 e. The Kier molecular flexibility index (Phi) is 6.50. The molecule has 0 aliphatic carbocycles. The number of rotatable bonds is 5. The molecule has 1 N–H and O–H groups in total. The lowest BCUT2D eigenvalue weighted by atomic mass is 9.95. The van der Waals surface area contributed by atoms with Gasteiger partial charge in [-0.3, -0.25) is 14.2 Å². The molecule has 5 rings (SSSR count). The zero-order valence-electron chi connectivity index (χ0n) is 20.4. The Bertz CT molecular complexity index is 1470. The smallest absolute Gasteiger partial charge is 0.295 e. The van der Waals surface area contributed by atoms with Crippen LogP contribution in [0.15, 0.2) is 65.6 Å². The van der Waals surface area contributed by atoms with Gasteiger partial charge in [-0.2, -0.15) is 0 Å². The lowest BCUT2D eigenvalue weighted by Gasteiger charge is -2.32. The average Bonchev–Trinajstić information content (AvgIpc) is 2.88. The highest BCUT2D eigenvalue weighted by molar-refractivity contribution is 5.93. The van der Waals surface area contributed by atoms with Crippen LogP contribution >= 0.6 is 0 Å². The SMILES string of the molecule is Cc1ccc(Cn2c(=O)c(N3CCC(C(=O)Nc4ccc(F)cc4C)CC3)nc3cccnc32)cc1. The molecular weight excluding hydrogens is 457 g/mol. The summed E-state index contributed by atoms with van der Waals surface area (Å²) in [5, 5.41) is 2.92. The summed E-state index contributed by atoms with van der Waals surface area (Å²) in [5.74, 6) is -0.222. The normalized spacial score (nSPS) is 14.2. The molecule has 0 atom stereocenters. The third kappa shape index (κ3) is 4.84. The fourth-order valence-electron chi connectivity index (χ4n) is 4.65. The fourth-order valence-corrected chi connectivity index (χ4v) is 4.65. The van der Waals surface area contributed by atoms with Crippen LogP contribution in [0.2, 0.25) is 0 Å². The zero-order valence-corrected chi connectivity index (χ0v) is 20.4. The van der Waals surface area contributed by atoms with E-state index in [9.17, 15) is 14.0 Å². The molecule has 1 aliphatic rings. The van der Waals surface area contributed by atoms with E-state index in [0.717, 1.165) is 11.1 Å². The number of fused-ring (bicyclic) bond motifs is 1. The van der Waals surface area contributed by atoms with Gasteiger partial charge in [-0.25, -0.2) is 14.4 Å². The minimum atomic E-state index is -0.329. The maximum atomic E-state index is 13.6. The van der Waals surface area contributed by atoms with Crippen molar-refractivity contribution in [2.75, 3.05) is 23.3 Å². The summed E-state index contributed by atoms with van der Waals surface area (Å²) in [5.41, 5.74) is 4.49. The number of aryl methyl sites for hydroxylation is 2. The average molecular weight is 486 g/mol. The Labute approximate surface area is 208 Å². The minimum Gasteiger partial charge on any atom is -0.352 e. The van der Waals surface area contributed by atoms with Gasteiger partial charge in [0.05, 0.1) is 6.54 Å².